The number of carbonyl (C=O) groups is 1. The van der Waals surface area contributed by atoms with E-state index in [-0.39, 0.29) is 47.4 Å². The maximum absolute atomic E-state index is 12.2. The smallest absolute Gasteiger partial charge is 0.334 e. The summed E-state index contributed by atoms with van der Waals surface area (Å²) in [7, 11) is 0. The summed E-state index contributed by atoms with van der Waals surface area (Å²) < 4.78 is 24.9. The highest BCUT2D eigenvalue weighted by Gasteiger charge is 2.94. The Bertz CT molecular complexity index is 811. The Balaban J connectivity index is 1.46. The van der Waals surface area contributed by atoms with Crippen molar-refractivity contribution in [3.05, 3.63) is 11.1 Å². The van der Waals surface area contributed by atoms with Gasteiger partial charge in [-0.25, -0.2) is 4.79 Å². The standard InChI is InChI=1S/C22H30O6S/c1-10(2)15-16(23)18-22(28-18)20(3)6-5-11-12(8-25-19(11)24)13(20)7-14-21(22,27-14)17(15)26-9-29-4/h10,13-18,23H,5-9H2,1-4H3/t13-,14?,15?,16+,17+,18-,20-,21+,22+/m0/s1. The Hall–Kier alpha value is -0.600. The highest BCUT2D eigenvalue weighted by Crippen LogP contribution is 2.79. The first-order valence-corrected chi connectivity index (χ1v) is 12.3. The normalized spacial score (nSPS) is 54.2. The minimum atomic E-state index is -0.565. The second-order valence-electron chi connectivity index (χ2n) is 10.3. The van der Waals surface area contributed by atoms with Crippen molar-refractivity contribution >= 4 is 17.7 Å². The highest BCUT2D eigenvalue weighted by atomic mass is 32.2. The molecule has 0 amide bonds. The number of epoxide rings is 2. The number of ether oxygens (including phenoxy) is 4. The fraction of sp³-hybridized carbons (Fsp3) is 0.864. The molecule has 0 aromatic carbocycles. The molecule has 9 atom stereocenters. The first-order valence-electron chi connectivity index (χ1n) is 10.9. The molecule has 0 aromatic heterocycles. The molecule has 2 saturated carbocycles. The summed E-state index contributed by atoms with van der Waals surface area (Å²) >= 11 is 1.65. The van der Waals surface area contributed by atoms with E-state index in [9.17, 15) is 9.90 Å². The first kappa shape index (κ1) is 19.1. The third-order valence-corrected chi connectivity index (χ3v) is 9.35. The lowest BCUT2D eigenvalue weighted by Gasteiger charge is -2.55. The van der Waals surface area contributed by atoms with Gasteiger partial charge in [0.25, 0.3) is 0 Å². The maximum Gasteiger partial charge on any atom is 0.334 e. The van der Waals surface area contributed by atoms with Crippen LogP contribution in [0.2, 0.25) is 0 Å². The van der Waals surface area contributed by atoms with Crippen molar-refractivity contribution in [2.24, 2.45) is 23.2 Å². The van der Waals surface area contributed by atoms with E-state index < -0.39 is 17.3 Å². The Morgan fingerprint density at radius 1 is 1.34 bits per heavy atom. The first-order chi connectivity index (χ1) is 13.8. The molecule has 29 heavy (non-hydrogen) atoms. The number of hydrogen-bond donors (Lipinski definition) is 1. The quantitative estimate of drug-likeness (QED) is 0.423. The van der Waals surface area contributed by atoms with Crippen LogP contribution in [0.3, 0.4) is 0 Å². The zero-order valence-electron chi connectivity index (χ0n) is 17.5. The van der Waals surface area contributed by atoms with E-state index in [0.29, 0.717) is 12.5 Å². The van der Waals surface area contributed by atoms with Gasteiger partial charge in [-0.3, -0.25) is 0 Å². The number of esters is 1. The third-order valence-electron chi connectivity index (χ3n) is 8.98. The number of rotatable bonds is 4. The zero-order valence-corrected chi connectivity index (χ0v) is 18.3. The van der Waals surface area contributed by atoms with Gasteiger partial charge in [-0.05, 0) is 42.9 Å². The minimum Gasteiger partial charge on any atom is -0.458 e. The van der Waals surface area contributed by atoms with Gasteiger partial charge in [0.2, 0.25) is 0 Å². The minimum absolute atomic E-state index is 0.0114. The molecule has 6 nitrogen and oxygen atoms in total. The highest BCUT2D eigenvalue weighted by molar-refractivity contribution is 7.98. The lowest BCUT2D eigenvalue weighted by Crippen LogP contribution is -2.70. The molecule has 2 saturated heterocycles. The van der Waals surface area contributed by atoms with Gasteiger partial charge in [-0.2, -0.15) is 0 Å². The van der Waals surface area contributed by atoms with Crippen LogP contribution in [0, 0.1) is 23.2 Å². The van der Waals surface area contributed by atoms with E-state index in [4.69, 9.17) is 18.9 Å². The largest absolute Gasteiger partial charge is 0.458 e. The van der Waals surface area contributed by atoms with Crippen LogP contribution < -0.4 is 0 Å². The van der Waals surface area contributed by atoms with Crippen molar-refractivity contribution in [1.29, 1.82) is 0 Å². The van der Waals surface area contributed by atoms with Gasteiger partial charge in [0, 0.05) is 16.9 Å². The monoisotopic (exact) mass is 422 g/mol. The molecule has 3 aliphatic heterocycles. The molecule has 2 spiro atoms. The van der Waals surface area contributed by atoms with Crippen molar-refractivity contribution < 1.29 is 28.8 Å². The number of carbonyl (C=O) groups excluding carboxylic acids is 1. The lowest BCUT2D eigenvalue weighted by atomic mass is 9.46. The van der Waals surface area contributed by atoms with Gasteiger partial charge in [-0.15, -0.1) is 11.8 Å². The molecular weight excluding hydrogens is 392 g/mol. The van der Waals surface area contributed by atoms with Crippen LogP contribution >= 0.6 is 11.8 Å². The lowest BCUT2D eigenvalue weighted by molar-refractivity contribution is -0.142. The summed E-state index contributed by atoms with van der Waals surface area (Å²) in [6.45, 7) is 6.99. The Kier molecular flexibility index (Phi) is 3.82. The van der Waals surface area contributed by atoms with Crippen LogP contribution in [0.1, 0.15) is 40.0 Å². The van der Waals surface area contributed by atoms with Crippen molar-refractivity contribution in [2.75, 3.05) is 18.8 Å². The topological polar surface area (TPSA) is 80.8 Å². The van der Waals surface area contributed by atoms with Gasteiger partial charge in [-0.1, -0.05) is 20.8 Å². The van der Waals surface area contributed by atoms with Crippen molar-refractivity contribution in [1.82, 2.24) is 0 Å². The molecule has 2 unspecified atom stereocenters. The van der Waals surface area contributed by atoms with E-state index in [1.165, 1.54) is 0 Å². The number of hydrogen-bond acceptors (Lipinski definition) is 7. The summed E-state index contributed by atoms with van der Waals surface area (Å²) in [5, 5.41) is 11.4. The van der Waals surface area contributed by atoms with Crippen molar-refractivity contribution in [3.63, 3.8) is 0 Å². The summed E-state index contributed by atoms with van der Waals surface area (Å²) in [5.41, 5.74) is 0.820. The van der Waals surface area contributed by atoms with Gasteiger partial charge in [0.1, 0.15) is 18.3 Å². The van der Waals surface area contributed by atoms with E-state index in [1.807, 2.05) is 6.26 Å². The van der Waals surface area contributed by atoms with Crippen molar-refractivity contribution in [2.45, 2.75) is 75.7 Å². The van der Waals surface area contributed by atoms with E-state index in [1.54, 1.807) is 11.8 Å². The molecule has 7 heteroatoms. The van der Waals surface area contributed by atoms with E-state index in [0.717, 1.165) is 30.4 Å². The number of fused-ring (bicyclic) bond motifs is 2. The zero-order chi connectivity index (χ0) is 20.3. The van der Waals surface area contributed by atoms with Gasteiger partial charge >= 0.3 is 5.97 Å². The average Bonchev–Trinajstić information content (AvgIpc) is 3.56. The Morgan fingerprint density at radius 2 is 2.14 bits per heavy atom. The molecule has 6 rings (SSSR count). The molecule has 6 aliphatic rings. The third kappa shape index (κ3) is 1.98. The van der Waals surface area contributed by atoms with Crippen LogP contribution in [-0.4, -0.2) is 65.5 Å². The van der Waals surface area contributed by atoms with E-state index in [2.05, 4.69) is 20.8 Å². The summed E-state index contributed by atoms with van der Waals surface area (Å²) in [5.74, 6) is 0.892. The molecule has 4 fully saturated rings. The van der Waals surface area contributed by atoms with E-state index >= 15 is 0 Å². The Labute approximate surface area is 175 Å². The van der Waals surface area contributed by atoms with Crippen LogP contribution in [0.5, 0.6) is 0 Å². The number of aliphatic hydroxyl groups is 1. The molecule has 0 aromatic rings. The molecule has 3 heterocycles. The molecule has 0 radical (unpaired) electrons. The van der Waals surface area contributed by atoms with Gasteiger partial charge < -0.3 is 24.1 Å². The Morgan fingerprint density at radius 3 is 2.86 bits per heavy atom. The predicted molar refractivity (Wildman–Crippen MR) is 106 cm³/mol. The second kappa shape index (κ2) is 5.80. The molecule has 3 aliphatic carbocycles. The molecular formula is C22H30O6S. The number of thioether (sulfide) groups is 1. The SMILES string of the molecule is CSCO[C@@H]1C(C(C)C)[C@@H](O)[C@@H]2O[C@@]23[C@@]2(C)CCC4=C(COC4=O)[C@@H]2CC2O[C@]213. The number of cyclic esters (lactones) is 1. The summed E-state index contributed by atoms with van der Waals surface area (Å²) in [4.78, 5) is 12.2. The van der Waals surface area contributed by atoms with Crippen molar-refractivity contribution in [3.8, 4) is 0 Å². The van der Waals surface area contributed by atoms with Gasteiger partial charge in [0.05, 0.1) is 24.3 Å². The average molecular weight is 423 g/mol. The molecule has 160 valence electrons. The predicted octanol–water partition coefficient (Wildman–Crippen LogP) is 2.29. The fourth-order valence-corrected chi connectivity index (χ4v) is 8.01. The number of aliphatic hydroxyl groups excluding tert-OH is 1. The second-order valence-corrected chi connectivity index (χ2v) is 11.1. The summed E-state index contributed by atoms with van der Waals surface area (Å²) in [6, 6.07) is 0. The van der Waals surface area contributed by atoms with Gasteiger partial charge in [0.15, 0.2) is 5.60 Å². The fourth-order valence-electron chi connectivity index (χ4n) is 7.72. The maximum atomic E-state index is 12.2. The van der Waals surface area contributed by atoms with Crippen LogP contribution in [0.25, 0.3) is 0 Å². The van der Waals surface area contributed by atoms with Crippen LogP contribution in [0.4, 0.5) is 0 Å². The molecule has 0 bridgehead atoms. The van der Waals surface area contributed by atoms with Crippen LogP contribution in [0.15, 0.2) is 11.1 Å². The van der Waals surface area contributed by atoms with Crippen LogP contribution in [-0.2, 0) is 23.7 Å². The summed E-state index contributed by atoms with van der Waals surface area (Å²) in [6.07, 6.45) is 3.57. The molecule has 1 N–H and O–H groups in total.